The highest BCUT2D eigenvalue weighted by molar-refractivity contribution is 4.83. The minimum atomic E-state index is 0.0122. The van der Waals surface area contributed by atoms with Crippen LogP contribution in [0.25, 0.3) is 0 Å². The minimum absolute atomic E-state index is 0.0122. The second kappa shape index (κ2) is 2.86. The first kappa shape index (κ1) is 7.98. The average molecular weight is 145 g/mol. The molecule has 0 spiro atoms. The van der Waals surface area contributed by atoms with E-state index in [1.165, 1.54) is 0 Å². The van der Waals surface area contributed by atoms with Crippen molar-refractivity contribution in [2.45, 2.75) is 19.9 Å². The van der Waals surface area contributed by atoms with E-state index in [0.717, 1.165) is 0 Å². The highest BCUT2D eigenvalue weighted by Crippen LogP contribution is 2.23. The summed E-state index contributed by atoms with van der Waals surface area (Å²) >= 11 is 0. The summed E-state index contributed by atoms with van der Waals surface area (Å²) in [6, 6.07) is 0.132. The van der Waals surface area contributed by atoms with E-state index in [9.17, 15) is 0 Å². The Morgan fingerprint density at radius 3 is 2.20 bits per heavy atom. The summed E-state index contributed by atoms with van der Waals surface area (Å²) in [6.45, 7) is 5.91. The smallest absolute Gasteiger partial charge is 0.146 e. The van der Waals surface area contributed by atoms with Crippen LogP contribution < -0.4 is 5.73 Å². The van der Waals surface area contributed by atoms with Gasteiger partial charge in [0.25, 0.3) is 0 Å². The Hall–Kier alpha value is -0.120. The summed E-state index contributed by atoms with van der Waals surface area (Å²) in [5.74, 6) is 0. The molecule has 0 saturated carbocycles. The highest BCUT2D eigenvalue weighted by Gasteiger charge is 2.32. The lowest BCUT2D eigenvalue weighted by molar-refractivity contribution is -0.163. The molecule has 0 aliphatic carbocycles. The van der Waals surface area contributed by atoms with Crippen molar-refractivity contribution in [3.05, 3.63) is 0 Å². The van der Waals surface area contributed by atoms with Gasteiger partial charge in [-0.05, 0) is 6.92 Å². The van der Waals surface area contributed by atoms with Crippen LogP contribution in [-0.4, -0.2) is 26.0 Å². The zero-order chi connectivity index (χ0) is 7.61. The summed E-state index contributed by atoms with van der Waals surface area (Å²) in [5, 5.41) is 0. The van der Waals surface area contributed by atoms with Crippen molar-refractivity contribution < 1.29 is 9.47 Å². The molecule has 10 heavy (non-hydrogen) atoms. The minimum Gasteiger partial charge on any atom is -0.355 e. The Balaban J connectivity index is 2.48. The summed E-state index contributed by atoms with van der Waals surface area (Å²) in [5.41, 5.74) is 5.75. The summed E-state index contributed by atoms with van der Waals surface area (Å²) < 4.78 is 10.3. The van der Waals surface area contributed by atoms with E-state index in [1.54, 1.807) is 0 Å². The maximum Gasteiger partial charge on any atom is 0.146 e. The van der Waals surface area contributed by atoms with Crippen molar-refractivity contribution in [1.82, 2.24) is 0 Å². The summed E-state index contributed by atoms with van der Waals surface area (Å²) in [4.78, 5) is 0. The molecule has 1 atom stereocenters. The third-order valence-electron chi connectivity index (χ3n) is 2.13. The molecular formula is C7H15NO2. The fraction of sp³-hybridized carbons (Fsp3) is 1.00. The van der Waals surface area contributed by atoms with Gasteiger partial charge in [-0.15, -0.1) is 0 Å². The number of ether oxygens (including phenoxy) is 2. The van der Waals surface area contributed by atoms with Crippen LogP contribution in [0.5, 0.6) is 0 Å². The van der Waals surface area contributed by atoms with Crippen LogP contribution in [0, 0.1) is 5.41 Å². The van der Waals surface area contributed by atoms with Crippen LogP contribution in [0.2, 0.25) is 0 Å². The molecule has 1 unspecified atom stereocenters. The van der Waals surface area contributed by atoms with Crippen molar-refractivity contribution in [2.24, 2.45) is 11.1 Å². The molecule has 1 aliphatic heterocycles. The monoisotopic (exact) mass is 145 g/mol. The van der Waals surface area contributed by atoms with Crippen LogP contribution >= 0.6 is 0 Å². The first-order valence-corrected chi connectivity index (χ1v) is 3.56. The highest BCUT2D eigenvalue weighted by atomic mass is 16.7. The van der Waals surface area contributed by atoms with Gasteiger partial charge in [-0.1, -0.05) is 6.92 Å². The van der Waals surface area contributed by atoms with E-state index < -0.39 is 0 Å². The van der Waals surface area contributed by atoms with Gasteiger partial charge >= 0.3 is 0 Å². The Morgan fingerprint density at radius 2 is 1.90 bits per heavy atom. The molecule has 0 aromatic rings. The maximum absolute atomic E-state index is 5.74. The summed E-state index contributed by atoms with van der Waals surface area (Å²) in [6.07, 6.45) is 0. The standard InChI is InChI=1S/C7H15NO2/c1-6(8)7(2)3-9-5-10-4-7/h6H,3-5,8H2,1-2H3. The Labute approximate surface area is 61.5 Å². The number of hydrogen-bond acceptors (Lipinski definition) is 3. The molecule has 3 heteroatoms. The van der Waals surface area contributed by atoms with Gasteiger partial charge in [-0.25, -0.2) is 0 Å². The van der Waals surface area contributed by atoms with E-state index >= 15 is 0 Å². The lowest BCUT2D eigenvalue weighted by Crippen LogP contribution is -2.47. The van der Waals surface area contributed by atoms with E-state index in [1.807, 2.05) is 6.92 Å². The number of rotatable bonds is 1. The summed E-state index contributed by atoms with van der Waals surface area (Å²) in [7, 11) is 0. The fourth-order valence-corrected chi connectivity index (χ4v) is 0.913. The normalized spacial score (nSPS) is 27.9. The molecule has 1 heterocycles. The van der Waals surface area contributed by atoms with Gasteiger partial charge in [0, 0.05) is 11.5 Å². The second-order valence-corrected chi connectivity index (χ2v) is 3.26. The van der Waals surface area contributed by atoms with Gasteiger partial charge in [0.1, 0.15) is 6.79 Å². The first-order chi connectivity index (χ1) is 4.65. The molecule has 0 amide bonds. The van der Waals surface area contributed by atoms with Crippen LogP contribution in [-0.2, 0) is 9.47 Å². The van der Waals surface area contributed by atoms with Crippen LogP contribution in [0.4, 0.5) is 0 Å². The first-order valence-electron chi connectivity index (χ1n) is 3.56. The second-order valence-electron chi connectivity index (χ2n) is 3.26. The van der Waals surface area contributed by atoms with Gasteiger partial charge < -0.3 is 15.2 Å². The zero-order valence-electron chi connectivity index (χ0n) is 6.59. The molecule has 0 bridgehead atoms. The quantitative estimate of drug-likeness (QED) is 0.579. The van der Waals surface area contributed by atoms with E-state index in [2.05, 4.69) is 6.92 Å². The third-order valence-corrected chi connectivity index (χ3v) is 2.13. The molecule has 60 valence electrons. The Bertz CT molecular complexity index is 108. The molecule has 0 radical (unpaired) electrons. The van der Waals surface area contributed by atoms with E-state index in [-0.39, 0.29) is 11.5 Å². The van der Waals surface area contributed by atoms with Gasteiger partial charge in [0.15, 0.2) is 0 Å². The van der Waals surface area contributed by atoms with Crippen molar-refractivity contribution in [1.29, 1.82) is 0 Å². The van der Waals surface area contributed by atoms with Crippen LogP contribution in [0.15, 0.2) is 0 Å². The Kier molecular flexibility index (Phi) is 2.28. The van der Waals surface area contributed by atoms with Crippen molar-refractivity contribution in [3.63, 3.8) is 0 Å². The molecule has 1 rings (SSSR count). The molecule has 1 saturated heterocycles. The molecular weight excluding hydrogens is 130 g/mol. The van der Waals surface area contributed by atoms with Gasteiger partial charge in [0.2, 0.25) is 0 Å². The van der Waals surface area contributed by atoms with Gasteiger partial charge in [-0.2, -0.15) is 0 Å². The molecule has 2 N–H and O–H groups in total. The average Bonchev–Trinajstić information content (AvgIpc) is 1.89. The van der Waals surface area contributed by atoms with Crippen molar-refractivity contribution >= 4 is 0 Å². The predicted octanol–water partition coefficient (Wildman–Crippen LogP) is 0.344. The van der Waals surface area contributed by atoms with Gasteiger partial charge in [-0.3, -0.25) is 0 Å². The SMILES string of the molecule is CC(N)C1(C)COCOC1. The van der Waals surface area contributed by atoms with E-state index in [0.29, 0.717) is 20.0 Å². The van der Waals surface area contributed by atoms with Crippen LogP contribution in [0.3, 0.4) is 0 Å². The Morgan fingerprint density at radius 1 is 1.40 bits per heavy atom. The molecule has 1 fully saturated rings. The fourth-order valence-electron chi connectivity index (χ4n) is 0.913. The zero-order valence-corrected chi connectivity index (χ0v) is 6.59. The maximum atomic E-state index is 5.74. The molecule has 3 nitrogen and oxygen atoms in total. The lowest BCUT2D eigenvalue weighted by Gasteiger charge is -2.36. The van der Waals surface area contributed by atoms with Crippen LogP contribution in [0.1, 0.15) is 13.8 Å². The number of nitrogens with two attached hydrogens (primary N) is 1. The molecule has 0 aromatic heterocycles. The topological polar surface area (TPSA) is 44.5 Å². The lowest BCUT2D eigenvalue weighted by atomic mass is 9.85. The van der Waals surface area contributed by atoms with E-state index in [4.69, 9.17) is 15.2 Å². The van der Waals surface area contributed by atoms with Gasteiger partial charge in [0.05, 0.1) is 13.2 Å². The third kappa shape index (κ3) is 1.48. The largest absolute Gasteiger partial charge is 0.355 e. The number of hydrogen-bond donors (Lipinski definition) is 1. The molecule has 0 aromatic carbocycles. The van der Waals surface area contributed by atoms with Crippen molar-refractivity contribution in [3.8, 4) is 0 Å². The van der Waals surface area contributed by atoms with Crippen molar-refractivity contribution in [2.75, 3.05) is 20.0 Å². The molecule has 1 aliphatic rings. The predicted molar refractivity (Wildman–Crippen MR) is 38.5 cm³/mol.